The summed E-state index contributed by atoms with van der Waals surface area (Å²) in [7, 11) is 3.17. The maximum atomic E-state index is 13.2. The van der Waals surface area contributed by atoms with E-state index in [1.54, 1.807) is 19.1 Å². The van der Waals surface area contributed by atoms with Crippen LogP contribution in [0.4, 0.5) is 5.69 Å². The monoisotopic (exact) mass is 494 g/mol. The lowest BCUT2D eigenvalue weighted by atomic mass is 9.92. The molecular formula is C29H38N2O5. The van der Waals surface area contributed by atoms with Crippen molar-refractivity contribution >= 4 is 17.4 Å². The summed E-state index contributed by atoms with van der Waals surface area (Å²) < 4.78 is 10.7. The van der Waals surface area contributed by atoms with Gasteiger partial charge in [0.1, 0.15) is 0 Å². The van der Waals surface area contributed by atoms with Crippen molar-refractivity contribution in [3.8, 4) is 11.5 Å². The summed E-state index contributed by atoms with van der Waals surface area (Å²) in [5, 5.41) is 10.8. The van der Waals surface area contributed by atoms with Gasteiger partial charge in [-0.25, -0.2) is 0 Å². The van der Waals surface area contributed by atoms with Crippen molar-refractivity contribution < 1.29 is 24.2 Å². The third-order valence-corrected chi connectivity index (χ3v) is 6.62. The second kappa shape index (κ2) is 12.0. The van der Waals surface area contributed by atoms with Gasteiger partial charge in [0.15, 0.2) is 23.0 Å². The number of rotatable bonds is 12. The lowest BCUT2D eigenvalue weighted by Gasteiger charge is -2.28. The molecule has 194 valence electrons. The normalized spacial score (nSPS) is 15.6. The largest absolute Gasteiger partial charge is 0.503 e. The number of carbonyl (C=O) groups excluding carboxylic acids is 2. The van der Waals surface area contributed by atoms with Gasteiger partial charge >= 0.3 is 0 Å². The highest BCUT2D eigenvalue weighted by Gasteiger charge is 2.43. The van der Waals surface area contributed by atoms with Crippen LogP contribution in [0.3, 0.4) is 0 Å². The number of Topliss-reactive ketones (excluding diaryl/α,β-unsaturated/α-hetero) is 1. The second-order valence-electron chi connectivity index (χ2n) is 9.39. The molecule has 1 unspecified atom stereocenters. The minimum atomic E-state index is -0.630. The first-order chi connectivity index (χ1) is 17.2. The molecule has 0 bridgehead atoms. The number of methoxy groups -OCH3 is 2. The molecule has 1 aliphatic rings. The summed E-state index contributed by atoms with van der Waals surface area (Å²) in [6, 6.07) is 12.9. The zero-order valence-corrected chi connectivity index (χ0v) is 22.2. The zero-order chi connectivity index (χ0) is 26.4. The molecule has 1 amide bonds. The number of benzene rings is 2. The Morgan fingerprint density at radius 2 is 1.67 bits per heavy atom. The Kier molecular flexibility index (Phi) is 9.02. The first-order valence-electron chi connectivity index (χ1n) is 12.6. The molecule has 0 fully saturated rings. The lowest BCUT2D eigenvalue weighted by molar-refractivity contribution is -0.129. The molecular weight excluding hydrogens is 456 g/mol. The van der Waals surface area contributed by atoms with Crippen molar-refractivity contribution in [3.05, 3.63) is 64.9 Å². The summed E-state index contributed by atoms with van der Waals surface area (Å²) in [6.07, 6.45) is 0.795. The predicted octanol–water partition coefficient (Wildman–Crippen LogP) is 5.10. The number of hydrogen-bond acceptors (Lipinski definition) is 6. The summed E-state index contributed by atoms with van der Waals surface area (Å²) in [5.74, 6) is 0.207. The van der Waals surface area contributed by atoms with E-state index in [9.17, 15) is 14.7 Å². The highest BCUT2D eigenvalue weighted by molar-refractivity contribution is 6.09. The molecule has 36 heavy (non-hydrogen) atoms. The van der Waals surface area contributed by atoms with Crippen molar-refractivity contribution in [2.75, 3.05) is 38.8 Å². The Morgan fingerprint density at radius 3 is 2.22 bits per heavy atom. The second-order valence-corrected chi connectivity index (χ2v) is 9.39. The Bertz CT molecular complexity index is 1100. The first-order valence-corrected chi connectivity index (χ1v) is 12.6. The molecule has 0 saturated carbocycles. The highest BCUT2D eigenvalue weighted by atomic mass is 16.5. The molecule has 7 heteroatoms. The van der Waals surface area contributed by atoms with E-state index in [1.165, 1.54) is 0 Å². The number of ether oxygens (including phenoxy) is 2. The van der Waals surface area contributed by atoms with E-state index in [-0.39, 0.29) is 23.7 Å². The SMILES string of the molecule is CCN(CC)c1ccc(C2C(C(=O)CC(C)C)=C(O)C(=O)N2CCc2ccc(OC)c(OC)c2)cc1. The van der Waals surface area contributed by atoms with Crippen LogP contribution in [0.2, 0.25) is 0 Å². The third-order valence-electron chi connectivity index (χ3n) is 6.62. The van der Waals surface area contributed by atoms with Crippen LogP contribution in [0.25, 0.3) is 0 Å². The molecule has 3 rings (SSSR count). The van der Waals surface area contributed by atoms with E-state index in [0.29, 0.717) is 24.5 Å². The van der Waals surface area contributed by atoms with Gasteiger partial charge in [-0.05, 0) is 61.6 Å². The number of nitrogens with zero attached hydrogens (tertiary/aromatic N) is 2. The van der Waals surface area contributed by atoms with Crippen molar-refractivity contribution in [2.45, 2.75) is 46.6 Å². The average molecular weight is 495 g/mol. The van der Waals surface area contributed by atoms with Crippen LogP contribution in [0.15, 0.2) is 53.8 Å². The fraction of sp³-hybridized carbons (Fsp3) is 0.448. The first kappa shape index (κ1) is 27.1. The maximum absolute atomic E-state index is 13.2. The number of anilines is 1. The highest BCUT2D eigenvalue weighted by Crippen LogP contribution is 2.39. The van der Waals surface area contributed by atoms with Crippen molar-refractivity contribution in [1.29, 1.82) is 0 Å². The molecule has 1 atom stereocenters. The molecule has 7 nitrogen and oxygen atoms in total. The number of aliphatic hydroxyl groups is 1. The van der Waals surface area contributed by atoms with E-state index in [1.807, 2.05) is 56.3 Å². The maximum Gasteiger partial charge on any atom is 0.290 e. The third kappa shape index (κ3) is 5.66. The van der Waals surface area contributed by atoms with Crippen LogP contribution in [-0.4, -0.2) is 55.6 Å². The van der Waals surface area contributed by atoms with E-state index in [2.05, 4.69) is 18.7 Å². The smallest absolute Gasteiger partial charge is 0.290 e. The van der Waals surface area contributed by atoms with Gasteiger partial charge < -0.3 is 24.4 Å². The van der Waals surface area contributed by atoms with Gasteiger partial charge in [0, 0.05) is 31.7 Å². The minimum absolute atomic E-state index is 0.111. The lowest BCUT2D eigenvalue weighted by Crippen LogP contribution is -2.33. The Morgan fingerprint density at radius 1 is 1.03 bits per heavy atom. The summed E-state index contributed by atoms with van der Waals surface area (Å²) in [4.78, 5) is 30.3. The number of amides is 1. The Labute approximate surface area is 214 Å². The predicted molar refractivity (Wildman–Crippen MR) is 142 cm³/mol. The van der Waals surface area contributed by atoms with E-state index >= 15 is 0 Å². The van der Waals surface area contributed by atoms with Crippen LogP contribution >= 0.6 is 0 Å². The Balaban J connectivity index is 1.95. The van der Waals surface area contributed by atoms with Gasteiger partial charge in [-0.15, -0.1) is 0 Å². The van der Waals surface area contributed by atoms with Crippen LogP contribution in [0, 0.1) is 5.92 Å². The molecule has 2 aromatic carbocycles. The van der Waals surface area contributed by atoms with Gasteiger partial charge in [-0.2, -0.15) is 0 Å². The van der Waals surface area contributed by atoms with Crippen LogP contribution in [-0.2, 0) is 16.0 Å². The minimum Gasteiger partial charge on any atom is -0.503 e. The van der Waals surface area contributed by atoms with Gasteiger partial charge in [-0.1, -0.05) is 32.0 Å². The average Bonchev–Trinajstić information content (AvgIpc) is 3.13. The number of ketones is 1. The quantitative estimate of drug-likeness (QED) is 0.442. The zero-order valence-electron chi connectivity index (χ0n) is 22.2. The topological polar surface area (TPSA) is 79.3 Å². The van der Waals surface area contributed by atoms with Gasteiger partial charge in [0.05, 0.1) is 25.8 Å². The summed E-state index contributed by atoms with van der Waals surface area (Å²) in [5.41, 5.74) is 3.03. The number of aliphatic hydroxyl groups excluding tert-OH is 1. The van der Waals surface area contributed by atoms with Crippen molar-refractivity contribution in [1.82, 2.24) is 4.90 Å². The standard InChI is InChI=1S/C29H38N2O5/c1-7-30(8-2)22-12-10-21(11-13-22)27-26(23(32)17-19(3)4)28(33)29(34)31(27)16-15-20-9-14-24(35-5)25(18-20)36-6/h9-14,18-19,27,33H,7-8,15-17H2,1-6H3. The van der Waals surface area contributed by atoms with Crippen molar-refractivity contribution in [3.63, 3.8) is 0 Å². The molecule has 2 aromatic rings. The van der Waals surface area contributed by atoms with Gasteiger partial charge in [0.2, 0.25) is 0 Å². The Hall–Kier alpha value is -3.48. The van der Waals surface area contributed by atoms with E-state index in [4.69, 9.17) is 9.47 Å². The molecule has 1 N–H and O–H groups in total. The molecule has 0 aromatic heterocycles. The molecule has 0 radical (unpaired) electrons. The molecule has 0 saturated heterocycles. The summed E-state index contributed by atoms with van der Waals surface area (Å²) >= 11 is 0. The molecule has 0 spiro atoms. The van der Waals surface area contributed by atoms with Crippen LogP contribution < -0.4 is 14.4 Å². The van der Waals surface area contributed by atoms with Gasteiger partial charge in [-0.3, -0.25) is 9.59 Å². The molecule has 1 heterocycles. The molecule has 1 aliphatic heterocycles. The fourth-order valence-electron chi connectivity index (χ4n) is 4.74. The number of hydrogen-bond donors (Lipinski definition) is 1. The molecule has 0 aliphatic carbocycles. The number of carbonyl (C=O) groups is 2. The van der Waals surface area contributed by atoms with Crippen molar-refractivity contribution in [2.24, 2.45) is 5.92 Å². The van der Waals surface area contributed by atoms with E-state index in [0.717, 1.165) is 29.9 Å². The summed E-state index contributed by atoms with van der Waals surface area (Å²) in [6.45, 7) is 10.2. The van der Waals surface area contributed by atoms with E-state index < -0.39 is 17.7 Å². The van der Waals surface area contributed by atoms with Gasteiger partial charge in [0.25, 0.3) is 5.91 Å². The fourth-order valence-corrected chi connectivity index (χ4v) is 4.74. The van der Waals surface area contributed by atoms with Crippen LogP contribution in [0.1, 0.15) is 51.3 Å². The van der Waals surface area contributed by atoms with Crippen LogP contribution in [0.5, 0.6) is 11.5 Å².